The molecule has 1 aliphatic heterocycles. The highest BCUT2D eigenvalue weighted by Gasteiger charge is 2.30. The summed E-state index contributed by atoms with van der Waals surface area (Å²) in [5.41, 5.74) is 0.0541. The molecule has 1 saturated heterocycles. The van der Waals surface area contributed by atoms with Crippen molar-refractivity contribution in [3.8, 4) is 5.88 Å². The molecule has 0 spiro atoms. The van der Waals surface area contributed by atoms with Crippen LogP contribution in [0.1, 0.15) is 29.5 Å². The van der Waals surface area contributed by atoms with Gasteiger partial charge in [0.15, 0.2) is 0 Å². The van der Waals surface area contributed by atoms with Crippen LogP contribution in [0, 0.1) is 5.82 Å². The van der Waals surface area contributed by atoms with Gasteiger partial charge in [-0.1, -0.05) is 6.92 Å². The van der Waals surface area contributed by atoms with Crippen molar-refractivity contribution in [1.29, 1.82) is 0 Å². The molecule has 3 rings (SSSR count). The highest BCUT2D eigenvalue weighted by Crippen LogP contribution is 2.21. The third kappa shape index (κ3) is 3.08. The zero-order chi connectivity index (χ0) is 16.4. The summed E-state index contributed by atoms with van der Waals surface area (Å²) in [7, 11) is 0. The van der Waals surface area contributed by atoms with Crippen LogP contribution in [0.2, 0.25) is 0 Å². The minimum atomic E-state index is -0.560. The molecule has 0 aliphatic carbocycles. The summed E-state index contributed by atoms with van der Waals surface area (Å²) in [5.74, 6) is -0.951. The summed E-state index contributed by atoms with van der Waals surface area (Å²) >= 11 is 0. The molecule has 0 saturated carbocycles. The topological polar surface area (TPSA) is 104 Å². The molecule has 1 unspecified atom stereocenters. The summed E-state index contributed by atoms with van der Waals surface area (Å²) in [6.45, 7) is 2.56. The molecule has 1 fully saturated rings. The largest absolute Gasteiger partial charge is 0.470 e. The fourth-order valence-corrected chi connectivity index (χ4v) is 2.50. The molecule has 1 aliphatic rings. The molecule has 23 heavy (non-hydrogen) atoms. The molecule has 2 N–H and O–H groups in total. The summed E-state index contributed by atoms with van der Waals surface area (Å²) in [6.07, 6.45) is 3.25. The van der Waals surface area contributed by atoms with Gasteiger partial charge in [-0.25, -0.2) is 9.78 Å². The van der Waals surface area contributed by atoms with Crippen molar-refractivity contribution in [2.45, 2.75) is 25.9 Å². The van der Waals surface area contributed by atoms with Crippen LogP contribution in [0.5, 0.6) is 5.88 Å². The number of carbonyl (C=O) groups is 1. The monoisotopic (exact) mass is 321 g/mol. The molecule has 3 heterocycles. The van der Waals surface area contributed by atoms with E-state index in [-0.39, 0.29) is 23.6 Å². The quantitative estimate of drug-likeness (QED) is 0.853. The molecule has 0 aromatic carbocycles. The van der Waals surface area contributed by atoms with Gasteiger partial charge in [0.05, 0.1) is 12.2 Å². The van der Waals surface area contributed by atoms with Gasteiger partial charge in [-0.2, -0.15) is 9.37 Å². The van der Waals surface area contributed by atoms with Crippen LogP contribution in [0.15, 0.2) is 17.3 Å². The Kier molecular flexibility index (Phi) is 4.09. The fraction of sp³-hybridized carbons (Fsp3) is 0.429. The molecule has 122 valence electrons. The second kappa shape index (κ2) is 6.19. The molecule has 1 atom stereocenters. The number of aryl methyl sites for hydroxylation is 1. The highest BCUT2D eigenvalue weighted by atomic mass is 19.1. The van der Waals surface area contributed by atoms with Crippen molar-refractivity contribution in [3.63, 3.8) is 0 Å². The second-order valence-electron chi connectivity index (χ2n) is 5.23. The van der Waals surface area contributed by atoms with Crippen molar-refractivity contribution in [1.82, 2.24) is 24.8 Å². The smallest absolute Gasteiger partial charge is 0.323 e. The maximum absolute atomic E-state index is 14.1. The Hall–Kier alpha value is -2.71. The van der Waals surface area contributed by atoms with Gasteiger partial charge in [0.25, 0.3) is 11.8 Å². The third-order valence-corrected chi connectivity index (χ3v) is 3.70. The van der Waals surface area contributed by atoms with Crippen molar-refractivity contribution < 1.29 is 13.9 Å². The van der Waals surface area contributed by atoms with Crippen LogP contribution < -0.4 is 10.4 Å². The molecule has 8 nitrogen and oxygen atoms in total. The van der Waals surface area contributed by atoms with E-state index in [1.54, 1.807) is 11.8 Å². The van der Waals surface area contributed by atoms with Gasteiger partial charge in [0.2, 0.25) is 5.82 Å². The van der Waals surface area contributed by atoms with Gasteiger partial charge in [-0.3, -0.25) is 4.79 Å². The summed E-state index contributed by atoms with van der Waals surface area (Å²) in [5, 5.41) is 0. The summed E-state index contributed by atoms with van der Waals surface area (Å²) in [6, 6.07) is 0. The number of nitrogens with one attached hydrogen (secondary N) is 2. The van der Waals surface area contributed by atoms with Crippen molar-refractivity contribution in [3.05, 3.63) is 40.2 Å². The van der Waals surface area contributed by atoms with Gasteiger partial charge in [-0.05, 0) is 6.42 Å². The van der Waals surface area contributed by atoms with Crippen LogP contribution in [0.4, 0.5) is 4.39 Å². The Morgan fingerprint density at radius 1 is 1.52 bits per heavy atom. The average molecular weight is 321 g/mol. The van der Waals surface area contributed by atoms with Crippen molar-refractivity contribution in [2.24, 2.45) is 0 Å². The number of aromatic amines is 2. The Morgan fingerprint density at radius 3 is 3.04 bits per heavy atom. The number of hydrogen-bond acceptors (Lipinski definition) is 5. The Bertz CT molecular complexity index is 772. The molecular weight excluding hydrogens is 305 g/mol. The zero-order valence-corrected chi connectivity index (χ0v) is 12.5. The first-order valence-electron chi connectivity index (χ1n) is 7.31. The van der Waals surface area contributed by atoms with Crippen LogP contribution in [-0.2, 0) is 6.42 Å². The minimum Gasteiger partial charge on any atom is -0.470 e. The minimum absolute atomic E-state index is 0.0915. The molecule has 0 radical (unpaired) electrons. The second-order valence-corrected chi connectivity index (χ2v) is 5.23. The van der Waals surface area contributed by atoms with Crippen LogP contribution in [-0.4, -0.2) is 49.9 Å². The maximum atomic E-state index is 14.1. The predicted molar refractivity (Wildman–Crippen MR) is 77.7 cm³/mol. The lowest BCUT2D eigenvalue weighted by Crippen LogP contribution is -2.31. The summed E-state index contributed by atoms with van der Waals surface area (Å²) < 4.78 is 19.6. The third-order valence-electron chi connectivity index (χ3n) is 3.70. The normalized spacial score (nSPS) is 17.5. The van der Waals surface area contributed by atoms with Crippen LogP contribution in [0.25, 0.3) is 0 Å². The number of carbonyl (C=O) groups excluding carboxylic acids is 1. The van der Waals surface area contributed by atoms with E-state index in [0.29, 0.717) is 31.6 Å². The molecule has 1 amide bonds. The number of nitrogens with zero attached hydrogens (tertiary/aromatic N) is 3. The van der Waals surface area contributed by atoms with Gasteiger partial charge >= 0.3 is 5.69 Å². The highest BCUT2D eigenvalue weighted by molar-refractivity contribution is 5.92. The standard InChI is InChI=1S/C14H16FN5O3/c1-2-9-11(15)12(18-7-17-9)23-8-3-4-20(6-8)13(21)10-5-16-14(22)19-10/h5,7-8H,2-4,6H2,1H3,(H2,16,19,22). The molecular formula is C14H16FN5O3. The number of hydrogen-bond donors (Lipinski definition) is 2. The fourth-order valence-electron chi connectivity index (χ4n) is 2.50. The zero-order valence-electron chi connectivity index (χ0n) is 12.5. The van der Waals surface area contributed by atoms with Gasteiger partial charge in [0.1, 0.15) is 18.1 Å². The Labute approximate surface area is 130 Å². The number of amides is 1. The Morgan fingerprint density at radius 2 is 2.35 bits per heavy atom. The predicted octanol–water partition coefficient (Wildman–Crippen LogP) is 0.488. The number of likely N-dealkylation sites (tertiary alicyclic amines) is 1. The van der Waals surface area contributed by atoms with E-state index in [0.717, 1.165) is 0 Å². The SMILES string of the molecule is CCc1ncnc(OC2CCN(C(=O)c3c[nH]c(=O)[nH]3)C2)c1F. The lowest BCUT2D eigenvalue weighted by Gasteiger charge is -2.16. The van der Waals surface area contributed by atoms with E-state index >= 15 is 0 Å². The maximum Gasteiger partial charge on any atom is 0.323 e. The van der Waals surface area contributed by atoms with E-state index in [2.05, 4.69) is 19.9 Å². The lowest BCUT2D eigenvalue weighted by molar-refractivity contribution is 0.0764. The van der Waals surface area contributed by atoms with E-state index in [9.17, 15) is 14.0 Å². The van der Waals surface area contributed by atoms with Crippen molar-refractivity contribution in [2.75, 3.05) is 13.1 Å². The number of H-pyrrole nitrogens is 2. The van der Waals surface area contributed by atoms with Gasteiger partial charge < -0.3 is 19.6 Å². The number of halogens is 1. The van der Waals surface area contributed by atoms with Crippen molar-refractivity contribution >= 4 is 5.91 Å². The first kappa shape index (κ1) is 15.2. The number of ether oxygens (including phenoxy) is 1. The molecule has 2 aromatic heterocycles. The number of imidazole rings is 1. The number of aromatic nitrogens is 4. The van der Waals surface area contributed by atoms with E-state index < -0.39 is 11.5 Å². The van der Waals surface area contributed by atoms with Gasteiger partial charge in [-0.15, -0.1) is 0 Å². The Balaban J connectivity index is 1.66. The molecule has 9 heteroatoms. The summed E-state index contributed by atoms with van der Waals surface area (Å²) in [4.78, 5) is 37.3. The molecule has 2 aromatic rings. The lowest BCUT2D eigenvalue weighted by atomic mass is 10.3. The van der Waals surface area contributed by atoms with E-state index in [1.165, 1.54) is 12.5 Å². The van der Waals surface area contributed by atoms with E-state index in [4.69, 9.17) is 4.74 Å². The number of rotatable bonds is 4. The van der Waals surface area contributed by atoms with Crippen LogP contribution >= 0.6 is 0 Å². The first-order valence-corrected chi connectivity index (χ1v) is 7.31. The van der Waals surface area contributed by atoms with Crippen LogP contribution in [0.3, 0.4) is 0 Å². The first-order chi connectivity index (χ1) is 11.1. The average Bonchev–Trinajstić information content (AvgIpc) is 3.18. The van der Waals surface area contributed by atoms with E-state index in [1.807, 2.05) is 0 Å². The van der Waals surface area contributed by atoms with Gasteiger partial charge in [0, 0.05) is 19.2 Å². The molecule has 0 bridgehead atoms.